The molecular weight excluding hydrogens is 400 g/mol. The summed E-state index contributed by atoms with van der Waals surface area (Å²) < 4.78 is 0. The van der Waals surface area contributed by atoms with Gasteiger partial charge in [0.25, 0.3) is 5.91 Å². The summed E-state index contributed by atoms with van der Waals surface area (Å²) in [5.74, 6) is 0.272. The van der Waals surface area contributed by atoms with Gasteiger partial charge < -0.3 is 0 Å². The van der Waals surface area contributed by atoms with Gasteiger partial charge in [0.05, 0.1) is 12.8 Å². The van der Waals surface area contributed by atoms with Crippen LogP contribution in [-0.4, -0.2) is 32.3 Å². The van der Waals surface area contributed by atoms with E-state index in [2.05, 4.69) is 25.9 Å². The monoisotopic (exact) mass is 416 g/mol. The highest BCUT2D eigenvalue weighted by molar-refractivity contribution is 6.30. The fourth-order valence-corrected chi connectivity index (χ4v) is 2.95. The lowest BCUT2D eigenvalue weighted by Crippen LogP contribution is -2.17. The molecule has 8 heteroatoms. The van der Waals surface area contributed by atoms with Crippen molar-refractivity contribution in [3.63, 3.8) is 0 Å². The van der Waals surface area contributed by atoms with Crippen LogP contribution in [0.2, 0.25) is 5.02 Å². The molecule has 1 aromatic heterocycles. The minimum Gasteiger partial charge on any atom is -0.267 e. The molecule has 0 unspecified atom stereocenters. The van der Waals surface area contributed by atoms with Gasteiger partial charge in [-0.1, -0.05) is 66.2 Å². The molecule has 0 atom stereocenters. The predicted octanol–water partition coefficient (Wildman–Crippen LogP) is 3.81. The van der Waals surface area contributed by atoms with Crippen LogP contribution in [0, 0.1) is 0 Å². The molecule has 0 spiro atoms. The molecule has 4 aromatic rings. The number of benzene rings is 3. The maximum Gasteiger partial charge on any atom is 0.271 e. The van der Waals surface area contributed by atoms with Crippen LogP contribution in [0.1, 0.15) is 21.5 Å². The molecule has 1 N–H and O–H groups in total. The number of hydrogen-bond donors (Lipinski definition) is 1. The van der Waals surface area contributed by atoms with Crippen LogP contribution in [0.25, 0.3) is 11.4 Å². The molecule has 0 aliphatic carbocycles. The Labute approximate surface area is 178 Å². The third kappa shape index (κ3) is 4.95. The second kappa shape index (κ2) is 9.11. The highest BCUT2D eigenvalue weighted by Crippen LogP contribution is 2.13. The molecule has 0 radical (unpaired) electrons. The Kier molecular flexibility index (Phi) is 5.91. The molecule has 4 rings (SSSR count). The quantitative estimate of drug-likeness (QED) is 0.382. The minimum absolute atomic E-state index is 0.301. The Hall–Kier alpha value is -3.84. The van der Waals surface area contributed by atoms with E-state index in [1.54, 1.807) is 30.5 Å². The van der Waals surface area contributed by atoms with Crippen molar-refractivity contribution in [3.05, 3.63) is 101 Å². The van der Waals surface area contributed by atoms with E-state index in [1.165, 1.54) is 4.80 Å². The molecule has 0 bridgehead atoms. The number of carbonyl (C=O) groups is 1. The number of aromatic nitrogens is 4. The molecule has 0 saturated heterocycles. The second-order valence-electron chi connectivity index (χ2n) is 6.46. The first-order chi connectivity index (χ1) is 14.7. The lowest BCUT2D eigenvalue weighted by molar-refractivity contribution is 0.0955. The van der Waals surface area contributed by atoms with Crippen LogP contribution < -0.4 is 5.43 Å². The van der Waals surface area contributed by atoms with E-state index < -0.39 is 0 Å². The third-order valence-corrected chi connectivity index (χ3v) is 4.49. The fraction of sp³-hybridized carbons (Fsp3) is 0.0455. The first-order valence-electron chi connectivity index (χ1n) is 9.18. The SMILES string of the molecule is O=C(N/N=C\c1cccc(Cl)c1)c1ccc(Cn2nnc(-c3ccccc3)n2)cc1. The molecule has 3 aromatic carbocycles. The first kappa shape index (κ1) is 19.5. The zero-order chi connectivity index (χ0) is 20.8. The first-order valence-corrected chi connectivity index (χ1v) is 9.56. The van der Waals surface area contributed by atoms with Gasteiger partial charge in [-0.3, -0.25) is 4.79 Å². The van der Waals surface area contributed by atoms with E-state index in [0.717, 1.165) is 16.7 Å². The highest BCUT2D eigenvalue weighted by Gasteiger charge is 2.07. The smallest absolute Gasteiger partial charge is 0.267 e. The van der Waals surface area contributed by atoms with E-state index in [4.69, 9.17) is 11.6 Å². The zero-order valence-corrected chi connectivity index (χ0v) is 16.6. The van der Waals surface area contributed by atoms with Gasteiger partial charge in [-0.25, -0.2) is 5.43 Å². The average Bonchev–Trinajstić information content (AvgIpc) is 3.23. The van der Waals surface area contributed by atoms with E-state index in [0.29, 0.717) is 23.0 Å². The van der Waals surface area contributed by atoms with E-state index in [9.17, 15) is 4.79 Å². The molecule has 1 amide bonds. The number of tetrazole rings is 1. The van der Waals surface area contributed by atoms with Gasteiger partial charge in [-0.2, -0.15) is 9.90 Å². The van der Waals surface area contributed by atoms with Crippen molar-refractivity contribution in [1.29, 1.82) is 0 Å². The molecule has 0 aliphatic rings. The summed E-state index contributed by atoms with van der Waals surface area (Å²) in [5, 5.41) is 17.1. The molecule has 1 heterocycles. The maximum atomic E-state index is 12.2. The summed E-state index contributed by atoms with van der Waals surface area (Å²) in [6, 6.07) is 24.0. The standard InChI is InChI=1S/C22H17ClN6O/c23-20-8-4-5-17(13-20)14-24-26-22(30)19-11-9-16(10-12-19)15-29-27-21(25-28-29)18-6-2-1-3-7-18/h1-14H,15H2,(H,26,30)/b24-14-. The minimum atomic E-state index is -0.301. The normalized spacial score (nSPS) is 11.0. The van der Waals surface area contributed by atoms with Crippen LogP contribution in [-0.2, 0) is 6.54 Å². The highest BCUT2D eigenvalue weighted by atomic mass is 35.5. The van der Waals surface area contributed by atoms with Gasteiger partial charge in [0, 0.05) is 16.1 Å². The predicted molar refractivity (Wildman–Crippen MR) is 115 cm³/mol. The van der Waals surface area contributed by atoms with E-state index in [-0.39, 0.29) is 5.91 Å². The van der Waals surface area contributed by atoms with Crippen molar-refractivity contribution in [2.45, 2.75) is 6.54 Å². The molecule has 0 fully saturated rings. The summed E-state index contributed by atoms with van der Waals surface area (Å²) in [4.78, 5) is 13.8. The Morgan fingerprint density at radius 2 is 1.83 bits per heavy atom. The van der Waals surface area contributed by atoms with Crippen LogP contribution in [0.3, 0.4) is 0 Å². The number of nitrogens with zero attached hydrogens (tertiary/aromatic N) is 5. The van der Waals surface area contributed by atoms with Crippen molar-refractivity contribution in [3.8, 4) is 11.4 Å². The van der Waals surface area contributed by atoms with Gasteiger partial charge >= 0.3 is 0 Å². The van der Waals surface area contributed by atoms with Gasteiger partial charge in [0.2, 0.25) is 5.82 Å². The average molecular weight is 417 g/mol. The molecule has 7 nitrogen and oxygen atoms in total. The van der Waals surface area contributed by atoms with Crippen LogP contribution in [0.5, 0.6) is 0 Å². The Bertz CT molecular complexity index is 1170. The van der Waals surface area contributed by atoms with Crippen LogP contribution >= 0.6 is 11.6 Å². The summed E-state index contributed by atoms with van der Waals surface area (Å²) >= 11 is 5.92. The Morgan fingerprint density at radius 3 is 2.60 bits per heavy atom. The fourth-order valence-electron chi connectivity index (χ4n) is 2.75. The Balaban J connectivity index is 1.36. The molecule has 30 heavy (non-hydrogen) atoms. The van der Waals surface area contributed by atoms with Gasteiger partial charge in [-0.05, 0) is 40.6 Å². The van der Waals surface area contributed by atoms with E-state index >= 15 is 0 Å². The number of carbonyl (C=O) groups excluding carboxylic acids is 1. The number of nitrogens with one attached hydrogen (secondary N) is 1. The summed E-state index contributed by atoms with van der Waals surface area (Å²) in [6.07, 6.45) is 1.54. The van der Waals surface area contributed by atoms with Crippen molar-refractivity contribution in [2.75, 3.05) is 0 Å². The topological polar surface area (TPSA) is 85.1 Å². The number of amides is 1. The third-order valence-electron chi connectivity index (χ3n) is 4.25. The summed E-state index contributed by atoms with van der Waals surface area (Å²) in [5.41, 5.74) is 5.66. The van der Waals surface area contributed by atoms with Crippen LogP contribution in [0.4, 0.5) is 0 Å². The lowest BCUT2D eigenvalue weighted by atomic mass is 10.1. The van der Waals surface area contributed by atoms with Crippen molar-refractivity contribution < 1.29 is 4.79 Å². The van der Waals surface area contributed by atoms with Gasteiger partial charge in [0.15, 0.2) is 0 Å². The molecule has 0 saturated carbocycles. The van der Waals surface area contributed by atoms with Gasteiger partial charge in [0.1, 0.15) is 0 Å². The van der Waals surface area contributed by atoms with Crippen molar-refractivity contribution in [2.24, 2.45) is 5.10 Å². The van der Waals surface area contributed by atoms with Crippen molar-refractivity contribution in [1.82, 2.24) is 25.6 Å². The lowest BCUT2D eigenvalue weighted by Gasteiger charge is -2.03. The molecule has 0 aliphatic heterocycles. The summed E-state index contributed by atoms with van der Waals surface area (Å²) in [6.45, 7) is 0.453. The molecule has 148 valence electrons. The largest absolute Gasteiger partial charge is 0.271 e. The maximum absolute atomic E-state index is 12.2. The Morgan fingerprint density at radius 1 is 1.03 bits per heavy atom. The molecular formula is C22H17ClN6O. The van der Waals surface area contributed by atoms with E-state index in [1.807, 2.05) is 54.6 Å². The van der Waals surface area contributed by atoms with Crippen LogP contribution in [0.15, 0.2) is 84.0 Å². The number of rotatable bonds is 6. The zero-order valence-electron chi connectivity index (χ0n) is 15.8. The van der Waals surface area contributed by atoms with Gasteiger partial charge in [-0.15, -0.1) is 10.2 Å². The summed E-state index contributed by atoms with van der Waals surface area (Å²) in [7, 11) is 0. The number of hydrogen-bond acceptors (Lipinski definition) is 5. The van der Waals surface area contributed by atoms with Crippen molar-refractivity contribution >= 4 is 23.7 Å². The number of halogens is 1. The number of hydrazone groups is 1. The second-order valence-corrected chi connectivity index (χ2v) is 6.90.